The molecule has 3 aromatic rings. The Bertz CT molecular complexity index is 1300. The van der Waals surface area contributed by atoms with Crippen LogP contribution < -0.4 is 19.5 Å². The molecule has 0 unspecified atom stereocenters. The van der Waals surface area contributed by atoms with E-state index in [-0.39, 0.29) is 5.91 Å². The number of ether oxygens (including phenoxy) is 3. The van der Waals surface area contributed by atoms with Crippen molar-refractivity contribution in [3.63, 3.8) is 0 Å². The number of benzene rings is 3. The number of rotatable bonds is 7. The van der Waals surface area contributed by atoms with E-state index in [1.807, 2.05) is 38.1 Å². The SMILES string of the molecule is CCOc1cc(C=C2SC(=Nc3ccc(OC)cc3)NC2=O)ccc1OC(=O)c1ccc(C)cc1. The fraction of sp³-hybridized carbons (Fsp3) is 0.148. The molecule has 1 amide bonds. The number of amidine groups is 1. The first-order valence-electron chi connectivity index (χ1n) is 10.9. The highest BCUT2D eigenvalue weighted by atomic mass is 32.2. The summed E-state index contributed by atoms with van der Waals surface area (Å²) in [5, 5.41) is 3.26. The van der Waals surface area contributed by atoms with Crippen LogP contribution in [0.2, 0.25) is 0 Å². The van der Waals surface area contributed by atoms with Gasteiger partial charge in [-0.3, -0.25) is 4.79 Å². The van der Waals surface area contributed by atoms with Crippen molar-refractivity contribution in [2.75, 3.05) is 13.7 Å². The molecule has 0 spiro atoms. The summed E-state index contributed by atoms with van der Waals surface area (Å²) in [6.45, 7) is 4.19. The second-order valence-electron chi connectivity index (χ2n) is 7.57. The van der Waals surface area contributed by atoms with E-state index in [1.165, 1.54) is 11.8 Å². The molecule has 0 aliphatic carbocycles. The van der Waals surface area contributed by atoms with Crippen LogP contribution in [0.5, 0.6) is 17.2 Å². The van der Waals surface area contributed by atoms with Crippen molar-refractivity contribution >= 4 is 40.6 Å². The highest BCUT2D eigenvalue weighted by Crippen LogP contribution is 2.33. The van der Waals surface area contributed by atoms with Gasteiger partial charge in [-0.2, -0.15) is 0 Å². The molecule has 178 valence electrons. The number of thioether (sulfide) groups is 1. The van der Waals surface area contributed by atoms with E-state index < -0.39 is 5.97 Å². The molecule has 0 saturated carbocycles. The zero-order valence-electron chi connectivity index (χ0n) is 19.5. The normalized spacial score (nSPS) is 15.2. The van der Waals surface area contributed by atoms with E-state index in [4.69, 9.17) is 14.2 Å². The van der Waals surface area contributed by atoms with Crippen LogP contribution in [-0.4, -0.2) is 30.8 Å². The van der Waals surface area contributed by atoms with Crippen molar-refractivity contribution in [2.24, 2.45) is 4.99 Å². The van der Waals surface area contributed by atoms with E-state index in [1.54, 1.807) is 55.7 Å². The van der Waals surface area contributed by atoms with Crippen molar-refractivity contribution < 1.29 is 23.8 Å². The van der Waals surface area contributed by atoms with Crippen LogP contribution in [0.1, 0.15) is 28.4 Å². The van der Waals surface area contributed by atoms with Crippen LogP contribution in [0.15, 0.2) is 76.6 Å². The number of hydrogen-bond donors (Lipinski definition) is 1. The summed E-state index contributed by atoms with van der Waals surface area (Å²) in [7, 11) is 1.60. The fourth-order valence-corrected chi connectivity index (χ4v) is 4.06. The minimum Gasteiger partial charge on any atom is -0.497 e. The largest absolute Gasteiger partial charge is 0.497 e. The van der Waals surface area contributed by atoms with Crippen molar-refractivity contribution in [1.29, 1.82) is 0 Å². The molecule has 1 fully saturated rings. The number of methoxy groups -OCH3 is 1. The second kappa shape index (κ2) is 10.9. The Kier molecular flexibility index (Phi) is 7.52. The Morgan fingerprint density at radius 3 is 2.46 bits per heavy atom. The highest BCUT2D eigenvalue weighted by Gasteiger charge is 2.24. The molecule has 0 atom stereocenters. The Hall–Kier alpha value is -4.04. The van der Waals surface area contributed by atoms with E-state index >= 15 is 0 Å². The Balaban J connectivity index is 1.52. The summed E-state index contributed by atoms with van der Waals surface area (Å²) in [6.07, 6.45) is 1.74. The lowest BCUT2D eigenvalue weighted by Crippen LogP contribution is -2.19. The van der Waals surface area contributed by atoms with Gasteiger partial charge in [0.25, 0.3) is 5.91 Å². The Morgan fingerprint density at radius 1 is 1.03 bits per heavy atom. The van der Waals surface area contributed by atoms with Gasteiger partial charge in [-0.15, -0.1) is 0 Å². The lowest BCUT2D eigenvalue weighted by atomic mass is 10.1. The topological polar surface area (TPSA) is 86.2 Å². The smallest absolute Gasteiger partial charge is 0.343 e. The predicted octanol–water partition coefficient (Wildman–Crippen LogP) is 5.51. The maximum absolute atomic E-state index is 12.5. The zero-order chi connectivity index (χ0) is 24.8. The predicted molar refractivity (Wildman–Crippen MR) is 138 cm³/mol. The molecule has 1 aliphatic rings. The van der Waals surface area contributed by atoms with Crippen molar-refractivity contribution in [2.45, 2.75) is 13.8 Å². The molecule has 8 heteroatoms. The first-order valence-corrected chi connectivity index (χ1v) is 11.8. The number of nitrogens with one attached hydrogen (secondary N) is 1. The monoisotopic (exact) mass is 488 g/mol. The Labute approximate surface area is 207 Å². The number of carbonyl (C=O) groups is 2. The molecule has 3 aromatic carbocycles. The standard InChI is InChI=1S/C27H24N2O5S/c1-4-33-23-15-18(7-14-22(23)34-26(31)19-8-5-17(2)6-9-19)16-24-25(30)29-27(35-24)28-20-10-12-21(32-3)13-11-20/h5-16H,4H2,1-3H3,(H,28,29,30). The van der Waals surface area contributed by atoms with Crippen LogP contribution in [0.4, 0.5) is 5.69 Å². The maximum atomic E-state index is 12.5. The van der Waals surface area contributed by atoms with Crippen molar-refractivity contribution in [1.82, 2.24) is 5.32 Å². The van der Waals surface area contributed by atoms with Crippen LogP contribution in [-0.2, 0) is 4.79 Å². The van der Waals surface area contributed by atoms with Gasteiger partial charge in [-0.05, 0) is 85.8 Å². The molecule has 35 heavy (non-hydrogen) atoms. The summed E-state index contributed by atoms with van der Waals surface area (Å²) in [5.41, 5.74) is 2.94. The molecule has 1 heterocycles. The van der Waals surface area contributed by atoms with Crippen LogP contribution in [0, 0.1) is 6.92 Å². The van der Waals surface area contributed by atoms with E-state index in [9.17, 15) is 9.59 Å². The summed E-state index contributed by atoms with van der Waals surface area (Å²) in [6, 6.07) is 19.5. The quantitative estimate of drug-likeness (QED) is 0.268. The van der Waals surface area contributed by atoms with Crippen molar-refractivity contribution in [3.05, 3.63) is 88.3 Å². The van der Waals surface area contributed by atoms with Crippen LogP contribution >= 0.6 is 11.8 Å². The summed E-state index contributed by atoms with van der Waals surface area (Å²) >= 11 is 1.24. The van der Waals surface area contributed by atoms with E-state index in [0.717, 1.165) is 16.9 Å². The number of hydrogen-bond acceptors (Lipinski definition) is 7. The summed E-state index contributed by atoms with van der Waals surface area (Å²) in [5.74, 6) is 0.746. The number of carbonyl (C=O) groups excluding carboxylic acids is 2. The molecule has 1 saturated heterocycles. The molecule has 0 aromatic heterocycles. The summed E-state index contributed by atoms with van der Waals surface area (Å²) < 4.78 is 16.4. The molecular formula is C27H24N2O5S. The number of amides is 1. The van der Waals surface area contributed by atoms with Gasteiger partial charge in [0.15, 0.2) is 16.7 Å². The van der Waals surface area contributed by atoms with Crippen molar-refractivity contribution in [3.8, 4) is 17.2 Å². The minimum absolute atomic E-state index is 0.241. The number of esters is 1. The van der Waals surface area contributed by atoms with Crippen LogP contribution in [0.25, 0.3) is 6.08 Å². The third kappa shape index (κ3) is 6.10. The fourth-order valence-electron chi connectivity index (χ4n) is 3.22. The summed E-state index contributed by atoms with van der Waals surface area (Å²) in [4.78, 5) is 30.0. The highest BCUT2D eigenvalue weighted by molar-refractivity contribution is 8.18. The average Bonchev–Trinajstić information content (AvgIpc) is 3.20. The maximum Gasteiger partial charge on any atom is 0.343 e. The third-order valence-electron chi connectivity index (χ3n) is 5.01. The number of aryl methyl sites for hydroxylation is 1. The minimum atomic E-state index is -0.470. The number of aliphatic imine (C=N–C) groups is 1. The van der Waals surface area contributed by atoms with Crippen LogP contribution in [0.3, 0.4) is 0 Å². The first kappa shape index (κ1) is 24.1. The molecule has 0 radical (unpaired) electrons. The van der Waals surface area contributed by atoms with Gasteiger partial charge in [0.05, 0.1) is 29.9 Å². The molecule has 1 N–H and O–H groups in total. The third-order valence-corrected chi connectivity index (χ3v) is 5.92. The van der Waals surface area contributed by atoms with E-state index in [2.05, 4.69) is 10.3 Å². The van der Waals surface area contributed by atoms with Gasteiger partial charge >= 0.3 is 5.97 Å². The van der Waals surface area contributed by atoms with Gasteiger partial charge in [-0.1, -0.05) is 23.8 Å². The molecule has 1 aliphatic heterocycles. The lowest BCUT2D eigenvalue weighted by Gasteiger charge is -2.11. The first-order chi connectivity index (χ1) is 16.9. The molecule has 7 nitrogen and oxygen atoms in total. The van der Waals surface area contributed by atoms with Gasteiger partial charge in [-0.25, -0.2) is 9.79 Å². The number of nitrogens with zero attached hydrogens (tertiary/aromatic N) is 1. The van der Waals surface area contributed by atoms with Gasteiger partial charge in [0.2, 0.25) is 0 Å². The molecular weight excluding hydrogens is 464 g/mol. The lowest BCUT2D eigenvalue weighted by molar-refractivity contribution is -0.115. The average molecular weight is 489 g/mol. The second-order valence-corrected chi connectivity index (χ2v) is 8.61. The zero-order valence-corrected chi connectivity index (χ0v) is 20.3. The van der Waals surface area contributed by atoms with E-state index in [0.29, 0.717) is 39.4 Å². The Morgan fingerprint density at radius 2 is 1.77 bits per heavy atom. The van der Waals surface area contributed by atoms with Gasteiger partial charge < -0.3 is 19.5 Å². The molecule has 4 rings (SSSR count). The van der Waals surface area contributed by atoms with Gasteiger partial charge in [0, 0.05) is 0 Å². The molecule has 0 bridgehead atoms. The van der Waals surface area contributed by atoms with Gasteiger partial charge in [0.1, 0.15) is 5.75 Å².